The van der Waals surface area contributed by atoms with Gasteiger partial charge in [0, 0.05) is 6.54 Å². The molecule has 2 bridgehead atoms. The SMILES string of the molecule is CCCCCCCCN1C(=O)[C@@H]2[C@H](C1=O)[C@H]1C=C[C@@H]2C1. The second-order valence-electron chi connectivity index (χ2n) is 6.60. The third kappa shape index (κ3) is 2.21. The maximum atomic E-state index is 12.4. The number of rotatable bonds is 7. The van der Waals surface area contributed by atoms with Crippen molar-refractivity contribution in [2.45, 2.75) is 51.9 Å². The fraction of sp³-hybridized carbons (Fsp3) is 0.765. The predicted molar refractivity (Wildman–Crippen MR) is 77.8 cm³/mol. The summed E-state index contributed by atoms with van der Waals surface area (Å²) in [6.07, 6.45) is 12.5. The molecule has 3 aliphatic rings. The van der Waals surface area contributed by atoms with E-state index in [1.807, 2.05) is 0 Å². The minimum atomic E-state index is -0.0161. The highest BCUT2D eigenvalue weighted by molar-refractivity contribution is 6.06. The molecule has 4 atom stereocenters. The zero-order chi connectivity index (χ0) is 14.1. The molecule has 0 spiro atoms. The zero-order valence-electron chi connectivity index (χ0n) is 12.4. The average Bonchev–Trinajstić information content (AvgIpc) is 3.11. The summed E-state index contributed by atoms with van der Waals surface area (Å²) < 4.78 is 0. The van der Waals surface area contributed by atoms with Gasteiger partial charge in [-0.2, -0.15) is 0 Å². The normalized spacial score (nSPS) is 34.4. The van der Waals surface area contributed by atoms with Crippen molar-refractivity contribution in [2.75, 3.05) is 6.54 Å². The fourth-order valence-corrected chi connectivity index (χ4v) is 4.23. The van der Waals surface area contributed by atoms with E-state index in [4.69, 9.17) is 0 Å². The first kappa shape index (κ1) is 13.8. The number of carbonyl (C=O) groups is 2. The smallest absolute Gasteiger partial charge is 0.233 e. The summed E-state index contributed by atoms with van der Waals surface area (Å²) in [5, 5.41) is 0. The molecule has 20 heavy (non-hydrogen) atoms. The van der Waals surface area contributed by atoms with E-state index in [0.29, 0.717) is 18.4 Å². The average molecular weight is 275 g/mol. The molecule has 1 heterocycles. The number of allylic oxidation sites excluding steroid dienone is 2. The van der Waals surface area contributed by atoms with Crippen molar-refractivity contribution in [2.24, 2.45) is 23.7 Å². The lowest BCUT2D eigenvalue weighted by Gasteiger charge is -2.16. The molecule has 0 aromatic rings. The second kappa shape index (κ2) is 5.71. The summed E-state index contributed by atoms with van der Waals surface area (Å²) in [4.78, 5) is 26.4. The summed E-state index contributed by atoms with van der Waals surface area (Å²) in [6, 6.07) is 0. The Bertz CT molecular complexity index is 399. The third-order valence-corrected chi connectivity index (χ3v) is 5.30. The van der Waals surface area contributed by atoms with Crippen LogP contribution in [-0.2, 0) is 9.59 Å². The highest BCUT2D eigenvalue weighted by atomic mass is 16.2. The number of likely N-dealkylation sites (tertiary alicyclic amines) is 1. The Morgan fingerprint density at radius 2 is 1.50 bits per heavy atom. The number of fused-ring (bicyclic) bond motifs is 5. The standard InChI is InChI=1S/C17H25NO2/c1-2-3-4-5-6-7-10-18-16(19)14-12-8-9-13(11-12)15(14)17(18)20/h8-9,12-15H,2-7,10-11H2,1H3/t12-,13+,14+,15-. The maximum absolute atomic E-state index is 12.4. The topological polar surface area (TPSA) is 37.4 Å². The summed E-state index contributed by atoms with van der Waals surface area (Å²) in [7, 11) is 0. The third-order valence-electron chi connectivity index (χ3n) is 5.30. The Hall–Kier alpha value is -1.12. The number of carbonyl (C=O) groups excluding carboxylic acids is 2. The Morgan fingerprint density at radius 1 is 0.950 bits per heavy atom. The van der Waals surface area contributed by atoms with Gasteiger partial charge in [0.15, 0.2) is 0 Å². The molecule has 110 valence electrons. The van der Waals surface area contributed by atoms with Crippen molar-refractivity contribution in [3.8, 4) is 0 Å². The van der Waals surface area contributed by atoms with Crippen LogP contribution in [0.15, 0.2) is 12.2 Å². The maximum Gasteiger partial charge on any atom is 0.233 e. The van der Waals surface area contributed by atoms with E-state index >= 15 is 0 Å². The van der Waals surface area contributed by atoms with Crippen LogP contribution >= 0.6 is 0 Å². The predicted octanol–water partition coefficient (Wildman–Crippen LogP) is 3.15. The highest BCUT2D eigenvalue weighted by Gasteiger charge is 2.58. The van der Waals surface area contributed by atoms with Crippen LogP contribution in [-0.4, -0.2) is 23.3 Å². The Labute approximate surface area is 121 Å². The summed E-state index contributed by atoms with van der Waals surface area (Å²) in [5.74, 6) is 0.887. The number of imide groups is 1. The van der Waals surface area contributed by atoms with Crippen molar-refractivity contribution >= 4 is 11.8 Å². The van der Waals surface area contributed by atoms with Gasteiger partial charge in [-0.1, -0.05) is 51.2 Å². The molecule has 2 aliphatic carbocycles. The number of hydrogen-bond acceptors (Lipinski definition) is 2. The molecule has 0 unspecified atom stereocenters. The van der Waals surface area contributed by atoms with Gasteiger partial charge in [-0.05, 0) is 24.7 Å². The zero-order valence-corrected chi connectivity index (χ0v) is 12.4. The Morgan fingerprint density at radius 3 is 2.10 bits per heavy atom. The Kier molecular flexibility index (Phi) is 3.95. The van der Waals surface area contributed by atoms with Crippen molar-refractivity contribution < 1.29 is 9.59 Å². The minimum Gasteiger partial charge on any atom is -0.282 e. The van der Waals surface area contributed by atoms with Gasteiger partial charge in [0.2, 0.25) is 11.8 Å². The molecule has 0 N–H and O–H groups in total. The number of unbranched alkanes of at least 4 members (excludes halogenated alkanes) is 5. The van der Waals surface area contributed by atoms with Crippen LogP contribution in [0.3, 0.4) is 0 Å². The van der Waals surface area contributed by atoms with Gasteiger partial charge in [-0.3, -0.25) is 14.5 Å². The van der Waals surface area contributed by atoms with Crippen LogP contribution in [0.5, 0.6) is 0 Å². The van der Waals surface area contributed by atoms with Gasteiger partial charge in [-0.25, -0.2) is 0 Å². The van der Waals surface area contributed by atoms with Gasteiger partial charge in [0.1, 0.15) is 0 Å². The number of hydrogen-bond donors (Lipinski definition) is 0. The van der Waals surface area contributed by atoms with E-state index < -0.39 is 0 Å². The lowest BCUT2D eigenvalue weighted by atomic mass is 9.85. The molecular formula is C17H25NO2. The lowest BCUT2D eigenvalue weighted by Crippen LogP contribution is -2.33. The first-order chi connectivity index (χ1) is 9.74. The minimum absolute atomic E-state index is 0.0161. The molecule has 1 aliphatic heterocycles. The first-order valence-corrected chi connectivity index (χ1v) is 8.27. The van der Waals surface area contributed by atoms with Gasteiger partial charge in [-0.15, -0.1) is 0 Å². The van der Waals surface area contributed by atoms with E-state index in [0.717, 1.165) is 19.3 Å². The van der Waals surface area contributed by atoms with E-state index in [1.165, 1.54) is 25.7 Å². The second-order valence-corrected chi connectivity index (χ2v) is 6.60. The van der Waals surface area contributed by atoms with Gasteiger partial charge < -0.3 is 0 Å². The van der Waals surface area contributed by atoms with Crippen LogP contribution < -0.4 is 0 Å². The van der Waals surface area contributed by atoms with Crippen LogP contribution in [0.2, 0.25) is 0 Å². The molecule has 3 rings (SSSR count). The van der Waals surface area contributed by atoms with Crippen molar-refractivity contribution in [3.05, 3.63) is 12.2 Å². The molecule has 1 saturated heterocycles. The van der Waals surface area contributed by atoms with Crippen LogP contribution in [0.4, 0.5) is 0 Å². The van der Waals surface area contributed by atoms with E-state index in [1.54, 1.807) is 4.90 Å². The summed E-state index contributed by atoms with van der Waals surface area (Å²) in [5.41, 5.74) is 0. The highest BCUT2D eigenvalue weighted by Crippen LogP contribution is 2.52. The van der Waals surface area contributed by atoms with Crippen LogP contribution in [0.1, 0.15) is 51.9 Å². The summed E-state index contributed by atoms with van der Waals surface area (Å²) in [6.45, 7) is 2.86. The lowest BCUT2D eigenvalue weighted by molar-refractivity contribution is -0.140. The van der Waals surface area contributed by atoms with Crippen LogP contribution in [0, 0.1) is 23.7 Å². The van der Waals surface area contributed by atoms with Crippen LogP contribution in [0.25, 0.3) is 0 Å². The molecular weight excluding hydrogens is 250 g/mol. The van der Waals surface area contributed by atoms with Crippen molar-refractivity contribution in [3.63, 3.8) is 0 Å². The van der Waals surface area contributed by atoms with E-state index in [2.05, 4.69) is 19.1 Å². The molecule has 0 aromatic carbocycles. The van der Waals surface area contributed by atoms with Gasteiger partial charge in [0.25, 0.3) is 0 Å². The fourth-order valence-electron chi connectivity index (χ4n) is 4.23. The van der Waals surface area contributed by atoms with Gasteiger partial charge in [0.05, 0.1) is 11.8 Å². The summed E-state index contributed by atoms with van der Waals surface area (Å²) >= 11 is 0. The molecule has 3 heteroatoms. The largest absolute Gasteiger partial charge is 0.282 e. The molecule has 0 aromatic heterocycles. The monoisotopic (exact) mass is 275 g/mol. The molecule has 1 saturated carbocycles. The van der Waals surface area contributed by atoms with Gasteiger partial charge >= 0.3 is 0 Å². The Balaban J connectivity index is 1.49. The molecule has 2 amide bonds. The number of nitrogens with zero attached hydrogens (tertiary/aromatic N) is 1. The van der Waals surface area contributed by atoms with Crippen molar-refractivity contribution in [1.82, 2.24) is 4.90 Å². The number of amides is 2. The van der Waals surface area contributed by atoms with E-state index in [-0.39, 0.29) is 23.7 Å². The van der Waals surface area contributed by atoms with E-state index in [9.17, 15) is 9.59 Å². The molecule has 3 nitrogen and oxygen atoms in total. The molecule has 2 fully saturated rings. The first-order valence-electron chi connectivity index (χ1n) is 8.27. The van der Waals surface area contributed by atoms with Crippen molar-refractivity contribution in [1.29, 1.82) is 0 Å². The quantitative estimate of drug-likeness (QED) is 0.406. The molecule has 0 radical (unpaired) electrons.